The van der Waals surface area contributed by atoms with Crippen LogP contribution >= 0.6 is 0 Å². The molecule has 2 aromatic rings. The third kappa shape index (κ3) is 9.25. The van der Waals surface area contributed by atoms with Crippen molar-refractivity contribution in [1.82, 2.24) is 0 Å². The minimum atomic E-state index is -0.290. The molecule has 1 unspecified atom stereocenters. The monoisotopic (exact) mass is 438 g/mol. The normalized spacial score (nSPS) is 11.7. The van der Waals surface area contributed by atoms with Crippen LogP contribution in [0, 0.1) is 0 Å². The molecule has 32 heavy (non-hydrogen) atoms. The summed E-state index contributed by atoms with van der Waals surface area (Å²) in [4.78, 5) is 23.4. The van der Waals surface area contributed by atoms with Crippen LogP contribution in [0.5, 0.6) is 0 Å². The molecule has 0 spiro atoms. The highest BCUT2D eigenvalue weighted by Crippen LogP contribution is 2.24. The smallest absolute Gasteiger partial charge is 0.338 e. The molecule has 0 heterocycles. The highest BCUT2D eigenvalue weighted by Gasteiger charge is 2.10. The Hall–Kier alpha value is -2.62. The molecule has 0 aromatic heterocycles. The summed E-state index contributed by atoms with van der Waals surface area (Å²) >= 11 is 0. The molecule has 2 aromatic carbocycles. The van der Waals surface area contributed by atoms with Crippen LogP contribution in [0.25, 0.3) is 11.1 Å². The molecule has 1 atom stereocenters. The van der Waals surface area contributed by atoms with E-state index in [1.807, 2.05) is 55.5 Å². The minimum Gasteiger partial charge on any atom is -0.462 e. The van der Waals surface area contributed by atoms with E-state index in [-0.39, 0.29) is 18.0 Å². The van der Waals surface area contributed by atoms with Crippen molar-refractivity contribution in [3.05, 3.63) is 59.7 Å². The van der Waals surface area contributed by atoms with E-state index in [4.69, 9.17) is 9.47 Å². The highest BCUT2D eigenvalue weighted by atomic mass is 16.5. The van der Waals surface area contributed by atoms with Crippen molar-refractivity contribution >= 4 is 11.9 Å². The number of unbranched alkanes of at least 4 members (excludes halogenated alkanes) is 8. The molecule has 0 saturated carbocycles. The summed E-state index contributed by atoms with van der Waals surface area (Å²) in [5.41, 5.74) is 3.58. The van der Waals surface area contributed by atoms with Crippen LogP contribution in [-0.2, 0) is 14.3 Å². The van der Waals surface area contributed by atoms with Crippen LogP contribution in [0.4, 0.5) is 0 Å². The van der Waals surface area contributed by atoms with Gasteiger partial charge in [-0.2, -0.15) is 0 Å². The first-order valence-electron chi connectivity index (χ1n) is 12.1. The van der Waals surface area contributed by atoms with E-state index in [0.717, 1.165) is 29.5 Å². The maximum absolute atomic E-state index is 12.3. The van der Waals surface area contributed by atoms with E-state index in [0.29, 0.717) is 12.2 Å². The van der Waals surface area contributed by atoms with Crippen molar-refractivity contribution in [3.63, 3.8) is 0 Å². The lowest BCUT2D eigenvalue weighted by atomic mass is 10.0. The van der Waals surface area contributed by atoms with Gasteiger partial charge in [0.15, 0.2) is 0 Å². The number of hydrogen-bond acceptors (Lipinski definition) is 4. The molecule has 0 aliphatic carbocycles. The number of rotatable bonds is 14. The van der Waals surface area contributed by atoms with Gasteiger partial charge in [0, 0.05) is 6.92 Å². The molecule has 0 aliphatic heterocycles. The molecular weight excluding hydrogens is 400 g/mol. The molecular formula is C28H38O4. The fraction of sp³-hybridized carbons (Fsp3) is 0.500. The van der Waals surface area contributed by atoms with Gasteiger partial charge in [0.2, 0.25) is 0 Å². The van der Waals surface area contributed by atoms with Gasteiger partial charge in [0.1, 0.15) is 6.10 Å². The van der Waals surface area contributed by atoms with E-state index in [9.17, 15) is 9.59 Å². The van der Waals surface area contributed by atoms with Gasteiger partial charge in [-0.3, -0.25) is 4.79 Å². The molecule has 0 radical (unpaired) electrons. The summed E-state index contributed by atoms with van der Waals surface area (Å²) in [7, 11) is 0. The third-order valence-corrected chi connectivity index (χ3v) is 5.66. The Balaban J connectivity index is 1.71. The van der Waals surface area contributed by atoms with E-state index in [1.54, 1.807) is 0 Å². The molecule has 0 bridgehead atoms. The van der Waals surface area contributed by atoms with Crippen LogP contribution in [-0.4, -0.2) is 18.5 Å². The second-order valence-electron chi connectivity index (χ2n) is 8.42. The molecule has 174 valence electrons. The summed E-state index contributed by atoms with van der Waals surface area (Å²) in [5.74, 6) is -0.552. The first kappa shape index (κ1) is 25.6. The summed E-state index contributed by atoms with van der Waals surface area (Å²) < 4.78 is 10.6. The fourth-order valence-corrected chi connectivity index (χ4v) is 3.72. The summed E-state index contributed by atoms with van der Waals surface area (Å²) in [6.07, 6.45) is 10.9. The van der Waals surface area contributed by atoms with Gasteiger partial charge in [-0.15, -0.1) is 0 Å². The lowest BCUT2D eigenvalue weighted by molar-refractivity contribution is -0.145. The Morgan fingerprint density at radius 1 is 0.750 bits per heavy atom. The predicted octanol–water partition coefficient (Wildman–Crippen LogP) is 7.67. The van der Waals surface area contributed by atoms with Gasteiger partial charge in [-0.1, -0.05) is 94.7 Å². The highest BCUT2D eigenvalue weighted by molar-refractivity contribution is 5.90. The number of ether oxygens (including phenoxy) is 2. The topological polar surface area (TPSA) is 52.6 Å². The lowest BCUT2D eigenvalue weighted by Crippen LogP contribution is -2.06. The second-order valence-corrected chi connectivity index (χ2v) is 8.42. The number of hydrogen-bond donors (Lipinski definition) is 0. The Morgan fingerprint density at radius 3 is 1.78 bits per heavy atom. The molecule has 4 nitrogen and oxygen atoms in total. The summed E-state index contributed by atoms with van der Waals surface area (Å²) in [6.45, 7) is 5.99. The second kappa shape index (κ2) is 14.4. The Morgan fingerprint density at radius 2 is 1.25 bits per heavy atom. The van der Waals surface area contributed by atoms with Gasteiger partial charge in [0.05, 0.1) is 12.2 Å². The predicted molar refractivity (Wildman–Crippen MR) is 130 cm³/mol. The number of benzene rings is 2. The number of carbonyl (C=O) groups excluding carboxylic acids is 2. The Labute approximate surface area is 193 Å². The summed E-state index contributed by atoms with van der Waals surface area (Å²) in [5, 5.41) is 0. The number of carbonyl (C=O) groups is 2. The zero-order chi connectivity index (χ0) is 23.2. The molecule has 0 amide bonds. The zero-order valence-corrected chi connectivity index (χ0v) is 19.9. The van der Waals surface area contributed by atoms with E-state index >= 15 is 0 Å². The molecule has 2 rings (SSSR count). The standard InChI is InChI=1S/C28H38O4/c1-4-5-6-7-8-9-10-11-12-21-31-28(30)27-19-17-26(18-20-27)25-15-13-24(14-16-25)22(2)32-23(3)29/h13-20,22H,4-12,21H2,1-3H3. The van der Waals surface area contributed by atoms with Crippen molar-refractivity contribution in [3.8, 4) is 11.1 Å². The first-order valence-corrected chi connectivity index (χ1v) is 12.1. The third-order valence-electron chi connectivity index (χ3n) is 5.66. The van der Waals surface area contributed by atoms with Gasteiger partial charge >= 0.3 is 11.9 Å². The zero-order valence-electron chi connectivity index (χ0n) is 19.9. The molecule has 0 aliphatic rings. The molecule has 0 fully saturated rings. The van der Waals surface area contributed by atoms with Gasteiger partial charge in [0.25, 0.3) is 0 Å². The van der Waals surface area contributed by atoms with Crippen molar-refractivity contribution in [1.29, 1.82) is 0 Å². The van der Waals surface area contributed by atoms with E-state index < -0.39 is 0 Å². The van der Waals surface area contributed by atoms with Crippen LogP contribution in [0.1, 0.15) is 101 Å². The fourth-order valence-electron chi connectivity index (χ4n) is 3.72. The van der Waals surface area contributed by atoms with Gasteiger partial charge < -0.3 is 9.47 Å². The minimum absolute atomic E-state index is 0.262. The Kier molecular flexibility index (Phi) is 11.6. The van der Waals surface area contributed by atoms with Crippen LogP contribution < -0.4 is 0 Å². The largest absolute Gasteiger partial charge is 0.462 e. The first-order chi connectivity index (χ1) is 15.5. The quantitative estimate of drug-likeness (QED) is 0.224. The van der Waals surface area contributed by atoms with Crippen molar-refractivity contribution in [2.75, 3.05) is 6.61 Å². The maximum atomic E-state index is 12.3. The van der Waals surface area contributed by atoms with Crippen LogP contribution in [0.3, 0.4) is 0 Å². The van der Waals surface area contributed by atoms with Crippen molar-refractivity contribution in [2.45, 2.75) is 84.7 Å². The van der Waals surface area contributed by atoms with Crippen LogP contribution in [0.15, 0.2) is 48.5 Å². The van der Waals surface area contributed by atoms with Crippen molar-refractivity contribution < 1.29 is 19.1 Å². The molecule has 0 N–H and O–H groups in total. The van der Waals surface area contributed by atoms with E-state index in [2.05, 4.69) is 6.92 Å². The van der Waals surface area contributed by atoms with Crippen molar-refractivity contribution in [2.24, 2.45) is 0 Å². The Bertz CT molecular complexity index is 808. The average molecular weight is 439 g/mol. The molecule has 4 heteroatoms. The summed E-state index contributed by atoms with van der Waals surface area (Å²) in [6, 6.07) is 15.4. The molecule has 0 saturated heterocycles. The SMILES string of the molecule is CCCCCCCCCCCOC(=O)c1ccc(-c2ccc(C(C)OC(C)=O)cc2)cc1. The van der Waals surface area contributed by atoms with E-state index in [1.165, 1.54) is 51.9 Å². The van der Waals surface area contributed by atoms with Crippen LogP contribution in [0.2, 0.25) is 0 Å². The average Bonchev–Trinajstić information content (AvgIpc) is 2.80. The lowest BCUT2D eigenvalue weighted by Gasteiger charge is -2.12. The number of esters is 2. The maximum Gasteiger partial charge on any atom is 0.338 e. The van der Waals surface area contributed by atoms with Gasteiger partial charge in [-0.05, 0) is 42.2 Å². The van der Waals surface area contributed by atoms with Gasteiger partial charge in [-0.25, -0.2) is 4.79 Å².